The molecule has 0 saturated carbocycles. The van der Waals surface area contributed by atoms with Gasteiger partial charge in [-0.25, -0.2) is 0 Å². The van der Waals surface area contributed by atoms with Gasteiger partial charge in [-0.1, -0.05) is 41.6 Å². The molecule has 0 atom stereocenters. The summed E-state index contributed by atoms with van der Waals surface area (Å²) in [5.74, 6) is -0.0943. The zero-order chi connectivity index (χ0) is 18.7. The van der Waals surface area contributed by atoms with Gasteiger partial charge in [0.2, 0.25) is 11.1 Å². The monoisotopic (exact) mass is 389 g/mol. The van der Waals surface area contributed by atoms with Crippen LogP contribution in [0.2, 0.25) is 5.02 Å². The first kappa shape index (κ1) is 17.9. The molecule has 0 radical (unpaired) electrons. The molecule has 0 aliphatic carbocycles. The van der Waals surface area contributed by atoms with Gasteiger partial charge in [0.05, 0.1) is 4.92 Å². The number of hydrogen-bond donors (Lipinski definition) is 1. The van der Waals surface area contributed by atoms with E-state index in [1.54, 1.807) is 12.1 Å². The lowest BCUT2D eigenvalue weighted by molar-refractivity contribution is -0.384. The molecule has 0 fully saturated rings. The lowest BCUT2D eigenvalue weighted by atomic mass is 10.2. The molecule has 132 valence electrons. The average molecular weight is 390 g/mol. The molecule has 0 saturated heterocycles. The highest BCUT2D eigenvalue weighted by Gasteiger charge is 2.18. The minimum Gasteiger partial charge on any atom is -0.368 e. The fourth-order valence-corrected chi connectivity index (χ4v) is 3.03. The Morgan fingerprint density at radius 2 is 2.00 bits per heavy atom. The van der Waals surface area contributed by atoms with Crippen LogP contribution in [0.15, 0.2) is 53.7 Å². The fourth-order valence-electron chi connectivity index (χ4n) is 2.12. The molecule has 2 aromatic carbocycles. The van der Waals surface area contributed by atoms with Crippen LogP contribution in [0.25, 0.3) is 0 Å². The van der Waals surface area contributed by atoms with Crippen LogP contribution in [0.4, 0.5) is 11.6 Å². The van der Waals surface area contributed by atoms with Gasteiger partial charge in [0.1, 0.15) is 0 Å². The van der Waals surface area contributed by atoms with Gasteiger partial charge in [-0.3, -0.25) is 14.9 Å². The van der Waals surface area contributed by atoms with Crippen molar-refractivity contribution >= 4 is 40.9 Å². The van der Waals surface area contributed by atoms with Crippen LogP contribution in [0.1, 0.15) is 15.9 Å². The molecule has 0 aliphatic rings. The molecule has 1 aromatic heterocycles. The van der Waals surface area contributed by atoms with Crippen LogP contribution >= 0.6 is 23.4 Å². The summed E-state index contributed by atoms with van der Waals surface area (Å²) in [6.07, 6.45) is 0. The number of aromatic nitrogens is 3. The van der Waals surface area contributed by atoms with Crippen molar-refractivity contribution < 1.29 is 9.72 Å². The number of nitro groups is 1. The minimum atomic E-state index is -0.586. The van der Waals surface area contributed by atoms with E-state index in [9.17, 15) is 14.9 Å². The van der Waals surface area contributed by atoms with Crippen LogP contribution in [-0.2, 0) is 5.75 Å². The molecule has 10 heteroatoms. The van der Waals surface area contributed by atoms with Crippen LogP contribution in [0.5, 0.6) is 0 Å². The molecule has 2 N–H and O–H groups in total. The second-order valence-electron chi connectivity index (χ2n) is 5.19. The number of non-ortho nitro benzene ring substituents is 1. The SMILES string of the molecule is Nc1nc(SCc2ccc(Cl)cc2)nn1C(=O)c1cccc([N+](=O)[O-])c1. The highest BCUT2D eigenvalue weighted by atomic mass is 35.5. The van der Waals surface area contributed by atoms with E-state index in [-0.39, 0.29) is 17.2 Å². The molecule has 3 aromatic rings. The summed E-state index contributed by atoms with van der Waals surface area (Å²) >= 11 is 7.15. The Bertz CT molecular complexity index is 974. The number of hydrogen-bond acceptors (Lipinski definition) is 7. The number of nitro benzene ring substituents is 1. The molecule has 0 bridgehead atoms. The van der Waals surface area contributed by atoms with Gasteiger partial charge >= 0.3 is 0 Å². The fraction of sp³-hybridized carbons (Fsp3) is 0.0625. The van der Waals surface area contributed by atoms with Crippen molar-refractivity contribution in [2.75, 3.05) is 5.73 Å². The third-order valence-corrected chi connectivity index (χ3v) is 4.55. The van der Waals surface area contributed by atoms with Crippen molar-refractivity contribution in [1.82, 2.24) is 14.8 Å². The van der Waals surface area contributed by atoms with E-state index in [0.29, 0.717) is 15.9 Å². The Balaban J connectivity index is 1.77. The number of thioether (sulfide) groups is 1. The Morgan fingerprint density at radius 3 is 2.69 bits per heavy atom. The standard InChI is InChI=1S/C16H12ClN5O3S/c17-12-6-4-10(5-7-12)9-26-16-19-15(18)21(20-16)14(23)11-2-1-3-13(8-11)22(24)25/h1-8H,9H2,(H2,18,19,20). The number of anilines is 1. The molecule has 3 rings (SSSR count). The minimum absolute atomic E-state index is 0.0832. The van der Waals surface area contributed by atoms with E-state index in [4.69, 9.17) is 17.3 Å². The van der Waals surface area contributed by atoms with Gasteiger partial charge in [-0.15, -0.1) is 5.10 Å². The van der Waals surface area contributed by atoms with Crippen molar-refractivity contribution in [2.45, 2.75) is 10.9 Å². The first-order valence-electron chi connectivity index (χ1n) is 7.33. The molecule has 0 amide bonds. The average Bonchev–Trinajstić information content (AvgIpc) is 3.01. The van der Waals surface area contributed by atoms with Crippen LogP contribution in [0.3, 0.4) is 0 Å². The highest BCUT2D eigenvalue weighted by molar-refractivity contribution is 7.98. The van der Waals surface area contributed by atoms with Crippen LogP contribution < -0.4 is 5.73 Å². The molecule has 0 spiro atoms. The maximum Gasteiger partial charge on any atom is 0.281 e. The lowest BCUT2D eigenvalue weighted by Crippen LogP contribution is -2.16. The first-order chi connectivity index (χ1) is 12.4. The largest absolute Gasteiger partial charge is 0.368 e. The smallest absolute Gasteiger partial charge is 0.281 e. The number of nitrogen functional groups attached to an aromatic ring is 1. The molecule has 1 heterocycles. The summed E-state index contributed by atoms with van der Waals surface area (Å²) in [5.41, 5.74) is 6.70. The van der Waals surface area contributed by atoms with Gasteiger partial charge in [-0.05, 0) is 23.8 Å². The van der Waals surface area contributed by atoms with E-state index < -0.39 is 10.8 Å². The number of carbonyl (C=O) groups is 1. The van der Waals surface area contributed by atoms with Crippen LogP contribution in [-0.4, -0.2) is 25.6 Å². The Labute approximate surface area is 157 Å². The summed E-state index contributed by atoms with van der Waals surface area (Å²) in [6, 6.07) is 12.7. The molecule has 0 aliphatic heterocycles. The van der Waals surface area contributed by atoms with Crippen molar-refractivity contribution in [2.24, 2.45) is 0 Å². The first-order valence-corrected chi connectivity index (χ1v) is 8.69. The number of halogens is 1. The van der Waals surface area contributed by atoms with E-state index in [0.717, 1.165) is 10.2 Å². The highest BCUT2D eigenvalue weighted by Crippen LogP contribution is 2.22. The second-order valence-corrected chi connectivity index (χ2v) is 6.57. The predicted molar refractivity (Wildman–Crippen MR) is 98.3 cm³/mol. The number of nitrogens with two attached hydrogens (primary N) is 1. The van der Waals surface area contributed by atoms with Crippen molar-refractivity contribution in [3.8, 4) is 0 Å². The van der Waals surface area contributed by atoms with Gasteiger partial charge < -0.3 is 5.73 Å². The predicted octanol–water partition coefficient (Wildman–Crippen LogP) is 3.40. The molecular formula is C16H12ClN5O3S. The van der Waals surface area contributed by atoms with Crippen LogP contribution in [0, 0.1) is 10.1 Å². The summed E-state index contributed by atoms with van der Waals surface area (Å²) in [7, 11) is 0. The molecule has 26 heavy (non-hydrogen) atoms. The molecule has 8 nitrogen and oxygen atoms in total. The van der Waals surface area contributed by atoms with Crippen molar-refractivity contribution in [3.63, 3.8) is 0 Å². The van der Waals surface area contributed by atoms with Gasteiger partial charge in [0, 0.05) is 28.5 Å². The van der Waals surface area contributed by atoms with Crippen molar-refractivity contribution in [3.05, 3.63) is 74.8 Å². The Hall–Kier alpha value is -2.91. The van der Waals surface area contributed by atoms with E-state index in [2.05, 4.69) is 10.1 Å². The second kappa shape index (κ2) is 7.54. The quantitative estimate of drug-likeness (QED) is 0.403. The van der Waals surface area contributed by atoms with Crippen molar-refractivity contribution in [1.29, 1.82) is 0 Å². The lowest BCUT2D eigenvalue weighted by Gasteiger charge is -2.01. The number of rotatable bonds is 5. The maximum absolute atomic E-state index is 12.5. The number of nitrogens with zero attached hydrogens (tertiary/aromatic N) is 4. The molecular weight excluding hydrogens is 378 g/mol. The number of benzene rings is 2. The maximum atomic E-state index is 12.5. The van der Waals surface area contributed by atoms with Gasteiger partial charge in [0.15, 0.2) is 0 Å². The van der Waals surface area contributed by atoms with E-state index >= 15 is 0 Å². The normalized spacial score (nSPS) is 10.7. The topological polar surface area (TPSA) is 117 Å². The Kier molecular flexibility index (Phi) is 5.19. The van der Waals surface area contributed by atoms with E-state index in [1.165, 1.54) is 36.0 Å². The van der Waals surface area contributed by atoms with E-state index in [1.807, 2.05) is 12.1 Å². The number of carbonyl (C=O) groups excluding carboxylic acids is 1. The summed E-state index contributed by atoms with van der Waals surface area (Å²) < 4.78 is 0.934. The third-order valence-electron chi connectivity index (χ3n) is 3.39. The third kappa shape index (κ3) is 4.01. The zero-order valence-electron chi connectivity index (χ0n) is 13.2. The van der Waals surface area contributed by atoms with Gasteiger partial charge in [0.25, 0.3) is 11.6 Å². The summed E-state index contributed by atoms with van der Waals surface area (Å²) in [6.45, 7) is 0. The Morgan fingerprint density at radius 1 is 1.27 bits per heavy atom. The van der Waals surface area contributed by atoms with Gasteiger partial charge in [-0.2, -0.15) is 9.67 Å². The summed E-state index contributed by atoms with van der Waals surface area (Å²) in [4.78, 5) is 26.8. The molecule has 0 unspecified atom stereocenters. The summed E-state index contributed by atoms with van der Waals surface area (Å²) in [5, 5.41) is 15.9. The zero-order valence-corrected chi connectivity index (χ0v) is 14.8.